The number of anilines is 1. The van der Waals surface area contributed by atoms with Gasteiger partial charge in [0.05, 0.1) is 18.1 Å². The van der Waals surface area contributed by atoms with Crippen molar-refractivity contribution < 1.29 is 19.1 Å². The van der Waals surface area contributed by atoms with E-state index in [0.29, 0.717) is 23.0 Å². The molecule has 1 fully saturated rings. The highest BCUT2D eigenvalue weighted by atomic mass is 16.5. The Bertz CT molecular complexity index is 987. The summed E-state index contributed by atoms with van der Waals surface area (Å²) in [5, 5.41) is 12.4. The molecule has 0 bridgehead atoms. The quantitative estimate of drug-likeness (QED) is 0.627. The standard InChI is InChI=1S/C24H25NO4/c1-28-21-11-9-18(15-20(21)22-12-10-19(16-26)29-22)25-23(27)24(13-5-6-14-24)17-7-3-2-4-8-17/h2-4,7-12,15,26H,5-6,13-14,16H2,1H3,(H,25,27). The van der Waals surface area contributed by atoms with Crippen LogP contribution in [0.15, 0.2) is 65.1 Å². The summed E-state index contributed by atoms with van der Waals surface area (Å²) in [6.07, 6.45) is 3.80. The van der Waals surface area contributed by atoms with Crippen LogP contribution in [0.1, 0.15) is 37.0 Å². The van der Waals surface area contributed by atoms with Crippen molar-refractivity contribution in [3.05, 3.63) is 72.0 Å². The monoisotopic (exact) mass is 391 g/mol. The number of aliphatic hydroxyl groups is 1. The minimum atomic E-state index is -0.490. The van der Waals surface area contributed by atoms with E-state index in [1.165, 1.54) is 0 Å². The largest absolute Gasteiger partial charge is 0.496 e. The molecular formula is C24H25NO4. The van der Waals surface area contributed by atoms with Gasteiger partial charge in [-0.1, -0.05) is 43.2 Å². The number of aliphatic hydroxyl groups excluding tert-OH is 1. The van der Waals surface area contributed by atoms with Gasteiger partial charge in [-0.15, -0.1) is 0 Å². The van der Waals surface area contributed by atoms with E-state index in [1.807, 2.05) is 48.5 Å². The maximum Gasteiger partial charge on any atom is 0.235 e. The van der Waals surface area contributed by atoms with Gasteiger partial charge in [0.15, 0.2) is 0 Å². The number of rotatable bonds is 6. The van der Waals surface area contributed by atoms with Crippen LogP contribution in [0.4, 0.5) is 5.69 Å². The molecule has 1 aliphatic rings. The van der Waals surface area contributed by atoms with Gasteiger partial charge >= 0.3 is 0 Å². The third-order valence-corrected chi connectivity index (χ3v) is 5.76. The minimum absolute atomic E-state index is 0.0211. The molecule has 1 amide bonds. The van der Waals surface area contributed by atoms with E-state index in [2.05, 4.69) is 5.32 Å². The number of carbonyl (C=O) groups is 1. The van der Waals surface area contributed by atoms with Crippen molar-refractivity contribution in [2.45, 2.75) is 37.7 Å². The molecule has 0 spiro atoms. The number of ether oxygens (including phenoxy) is 1. The molecule has 4 rings (SSSR count). The zero-order valence-corrected chi connectivity index (χ0v) is 16.5. The van der Waals surface area contributed by atoms with Gasteiger partial charge in [0.2, 0.25) is 5.91 Å². The Labute approximate surface area is 170 Å². The van der Waals surface area contributed by atoms with Crippen molar-refractivity contribution in [1.29, 1.82) is 0 Å². The molecule has 1 heterocycles. The number of amides is 1. The molecule has 2 aromatic carbocycles. The SMILES string of the molecule is COc1ccc(NC(=O)C2(c3ccccc3)CCCC2)cc1-c1ccc(CO)o1. The number of methoxy groups -OCH3 is 1. The molecular weight excluding hydrogens is 366 g/mol. The average Bonchev–Trinajstić information content (AvgIpc) is 3.45. The van der Waals surface area contributed by atoms with Crippen molar-refractivity contribution in [2.75, 3.05) is 12.4 Å². The van der Waals surface area contributed by atoms with Gasteiger partial charge in [-0.3, -0.25) is 4.79 Å². The lowest BCUT2D eigenvalue weighted by molar-refractivity contribution is -0.121. The van der Waals surface area contributed by atoms with Gasteiger partial charge in [0.25, 0.3) is 0 Å². The number of carbonyl (C=O) groups excluding carboxylic acids is 1. The van der Waals surface area contributed by atoms with Gasteiger partial charge in [-0.2, -0.15) is 0 Å². The molecule has 0 atom stereocenters. The van der Waals surface area contributed by atoms with Crippen LogP contribution >= 0.6 is 0 Å². The topological polar surface area (TPSA) is 71.7 Å². The first-order chi connectivity index (χ1) is 14.2. The van der Waals surface area contributed by atoms with E-state index >= 15 is 0 Å². The van der Waals surface area contributed by atoms with Crippen LogP contribution in [0.25, 0.3) is 11.3 Å². The molecule has 2 N–H and O–H groups in total. The first-order valence-corrected chi connectivity index (χ1v) is 9.91. The summed E-state index contributed by atoms with van der Waals surface area (Å²) in [6, 6.07) is 19.1. The van der Waals surface area contributed by atoms with E-state index < -0.39 is 5.41 Å². The zero-order valence-electron chi connectivity index (χ0n) is 16.5. The van der Waals surface area contributed by atoms with E-state index in [1.54, 1.807) is 19.2 Å². The normalized spacial score (nSPS) is 15.2. The highest BCUT2D eigenvalue weighted by molar-refractivity contribution is 6.00. The maximum atomic E-state index is 13.4. The number of furan rings is 1. The van der Waals surface area contributed by atoms with Crippen LogP contribution < -0.4 is 10.1 Å². The van der Waals surface area contributed by atoms with E-state index in [4.69, 9.17) is 9.15 Å². The van der Waals surface area contributed by atoms with Gasteiger partial charge in [0, 0.05) is 5.69 Å². The minimum Gasteiger partial charge on any atom is -0.496 e. The molecule has 1 aliphatic carbocycles. The Morgan fingerprint density at radius 2 is 1.86 bits per heavy atom. The lowest BCUT2D eigenvalue weighted by Crippen LogP contribution is -2.37. The highest BCUT2D eigenvalue weighted by Gasteiger charge is 2.42. The Morgan fingerprint density at radius 3 is 2.52 bits per heavy atom. The lowest BCUT2D eigenvalue weighted by atomic mass is 9.78. The first-order valence-electron chi connectivity index (χ1n) is 9.91. The van der Waals surface area contributed by atoms with Crippen molar-refractivity contribution in [3.8, 4) is 17.1 Å². The van der Waals surface area contributed by atoms with Crippen LogP contribution in [-0.4, -0.2) is 18.1 Å². The maximum absolute atomic E-state index is 13.4. The molecule has 3 aromatic rings. The van der Waals surface area contributed by atoms with Crippen LogP contribution in [-0.2, 0) is 16.8 Å². The van der Waals surface area contributed by atoms with Gasteiger partial charge in [-0.25, -0.2) is 0 Å². The molecule has 29 heavy (non-hydrogen) atoms. The molecule has 0 saturated heterocycles. The molecule has 0 unspecified atom stereocenters. The van der Waals surface area contributed by atoms with E-state index in [9.17, 15) is 9.90 Å². The van der Waals surface area contributed by atoms with Crippen molar-refractivity contribution in [2.24, 2.45) is 0 Å². The molecule has 5 heteroatoms. The summed E-state index contributed by atoms with van der Waals surface area (Å²) in [5.74, 6) is 1.72. The predicted octanol–water partition coefficient (Wildman–Crippen LogP) is 4.90. The summed E-state index contributed by atoms with van der Waals surface area (Å²) in [5.41, 5.74) is 2.00. The van der Waals surface area contributed by atoms with E-state index in [-0.39, 0.29) is 12.5 Å². The first kappa shape index (κ1) is 19.3. The fraction of sp³-hybridized carbons (Fsp3) is 0.292. The highest BCUT2D eigenvalue weighted by Crippen LogP contribution is 2.42. The third kappa shape index (κ3) is 3.66. The predicted molar refractivity (Wildman–Crippen MR) is 112 cm³/mol. The van der Waals surface area contributed by atoms with Crippen LogP contribution in [0, 0.1) is 0 Å². The molecule has 150 valence electrons. The van der Waals surface area contributed by atoms with Crippen molar-refractivity contribution in [3.63, 3.8) is 0 Å². The number of hydrogen-bond donors (Lipinski definition) is 2. The number of benzene rings is 2. The summed E-state index contributed by atoms with van der Waals surface area (Å²) < 4.78 is 11.1. The lowest BCUT2D eigenvalue weighted by Gasteiger charge is -2.28. The smallest absolute Gasteiger partial charge is 0.235 e. The zero-order chi connectivity index (χ0) is 20.3. The van der Waals surface area contributed by atoms with Crippen LogP contribution in [0.2, 0.25) is 0 Å². The Hall–Kier alpha value is -3.05. The molecule has 0 aliphatic heterocycles. The van der Waals surface area contributed by atoms with Crippen LogP contribution in [0.5, 0.6) is 5.75 Å². The number of hydrogen-bond acceptors (Lipinski definition) is 4. The summed E-state index contributed by atoms with van der Waals surface area (Å²) >= 11 is 0. The molecule has 1 aromatic heterocycles. The fourth-order valence-electron chi connectivity index (χ4n) is 4.22. The molecule has 5 nitrogen and oxygen atoms in total. The summed E-state index contributed by atoms with van der Waals surface area (Å²) in [6.45, 7) is -0.168. The van der Waals surface area contributed by atoms with E-state index in [0.717, 1.165) is 36.8 Å². The second-order valence-corrected chi connectivity index (χ2v) is 7.45. The van der Waals surface area contributed by atoms with Gasteiger partial charge < -0.3 is 19.6 Å². The van der Waals surface area contributed by atoms with Crippen molar-refractivity contribution >= 4 is 11.6 Å². The summed E-state index contributed by atoms with van der Waals surface area (Å²) in [4.78, 5) is 13.4. The Balaban J connectivity index is 1.65. The summed E-state index contributed by atoms with van der Waals surface area (Å²) in [7, 11) is 1.59. The average molecular weight is 391 g/mol. The molecule has 1 saturated carbocycles. The Morgan fingerprint density at radius 1 is 1.10 bits per heavy atom. The van der Waals surface area contributed by atoms with Crippen LogP contribution in [0.3, 0.4) is 0 Å². The van der Waals surface area contributed by atoms with Gasteiger partial charge in [-0.05, 0) is 48.7 Å². The second-order valence-electron chi connectivity index (χ2n) is 7.45. The second kappa shape index (κ2) is 8.13. The fourth-order valence-corrected chi connectivity index (χ4v) is 4.22. The Kier molecular flexibility index (Phi) is 5.41. The number of nitrogens with one attached hydrogen (secondary N) is 1. The van der Waals surface area contributed by atoms with Crippen molar-refractivity contribution in [1.82, 2.24) is 0 Å². The molecule has 0 radical (unpaired) electrons. The van der Waals surface area contributed by atoms with Gasteiger partial charge in [0.1, 0.15) is 23.9 Å². The third-order valence-electron chi connectivity index (χ3n) is 5.76.